The fourth-order valence-corrected chi connectivity index (χ4v) is 3.52. The molecule has 0 aliphatic heterocycles. The number of halogens is 1. The van der Waals surface area contributed by atoms with Gasteiger partial charge in [0.05, 0.1) is 5.56 Å². The Bertz CT molecular complexity index is 1150. The minimum Gasteiger partial charge on any atom is -0.459 e. The quantitative estimate of drug-likeness (QED) is 0.426. The largest absolute Gasteiger partial charge is 0.459 e. The SMILES string of the molecule is Cc1ccc2c(COC(=O)C(NC(=O)c3ccccc3Br)C(C)C)cc(=O)oc2c1. The number of esters is 1. The minimum absolute atomic E-state index is 0.0991. The van der Waals surface area contributed by atoms with Crippen LogP contribution in [0.5, 0.6) is 0 Å². The van der Waals surface area contributed by atoms with Gasteiger partial charge in [-0.3, -0.25) is 4.79 Å². The topological polar surface area (TPSA) is 85.6 Å². The van der Waals surface area contributed by atoms with Crippen molar-refractivity contribution in [1.82, 2.24) is 5.32 Å². The van der Waals surface area contributed by atoms with Gasteiger partial charge in [-0.15, -0.1) is 0 Å². The molecule has 0 bridgehead atoms. The van der Waals surface area contributed by atoms with E-state index in [4.69, 9.17) is 9.15 Å². The molecule has 1 atom stereocenters. The predicted molar refractivity (Wildman–Crippen MR) is 117 cm³/mol. The molecule has 1 N–H and O–H groups in total. The molecule has 156 valence electrons. The van der Waals surface area contributed by atoms with Gasteiger partial charge in [-0.2, -0.15) is 0 Å². The van der Waals surface area contributed by atoms with Crippen LogP contribution in [0, 0.1) is 12.8 Å². The van der Waals surface area contributed by atoms with E-state index in [1.807, 2.05) is 32.9 Å². The van der Waals surface area contributed by atoms with Crippen LogP contribution >= 0.6 is 15.9 Å². The Morgan fingerprint density at radius 2 is 1.87 bits per heavy atom. The zero-order valence-corrected chi connectivity index (χ0v) is 18.5. The van der Waals surface area contributed by atoms with E-state index >= 15 is 0 Å². The van der Waals surface area contributed by atoms with Crippen LogP contribution in [0.3, 0.4) is 0 Å². The summed E-state index contributed by atoms with van der Waals surface area (Å²) >= 11 is 3.34. The van der Waals surface area contributed by atoms with E-state index in [-0.39, 0.29) is 18.4 Å². The van der Waals surface area contributed by atoms with Gasteiger partial charge < -0.3 is 14.5 Å². The number of fused-ring (bicyclic) bond motifs is 1. The zero-order valence-electron chi connectivity index (χ0n) is 16.9. The fourth-order valence-electron chi connectivity index (χ4n) is 3.06. The molecule has 0 saturated carbocycles. The van der Waals surface area contributed by atoms with E-state index in [9.17, 15) is 14.4 Å². The van der Waals surface area contributed by atoms with Crippen molar-refractivity contribution in [1.29, 1.82) is 0 Å². The van der Waals surface area contributed by atoms with Crippen LogP contribution in [0.2, 0.25) is 0 Å². The summed E-state index contributed by atoms with van der Waals surface area (Å²) in [6.07, 6.45) is 0. The molecule has 3 rings (SSSR count). The Labute approximate surface area is 182 Å². The maximum atomic E-state index is 12.7. The highest BCUT2D eigenvalue weighted by atomic mass is 79.9. The van der Waals surface area contributed by atoms with Crippen molar-refractivity contribution in [2.45, 2.75) is 33.4 Å². The maximum Gasteiger partial charge on any atom is 0.336 e. The molecule has 3 aromatic rings. The molecule has 0 fully saturated rings. The van der Waals surface area contributed by atoms with E-state index < -0.39 is 17.6 Å². The number of carbonyl (C=O) groups is 2. The summed E-state index contributed by atoms with van der Waals surface area (Å²) in [6, 6.07) is 12.9. The average Bonchev–Trinajstić information content (AvgIpc) is 2.69. The van der Waals surface area contributed by atoms with Crippen molar-refractivity contribution in [3.63, 3.8) is 0 Å². The lowest BCUT2D eigenvalue weighted by atomic mass is 10.0. The van der Waals surface area contributed by atoms with E-state index in [1.54, 1.807) is 30.3 Å². The summed E-state index contributed by atoms with van der Waals surface area (Å²) in [4.78, 5) is 37.2. The Balaban J connectivity index is 1.76. The number of nitrogens with one attached hydrogen (secondary N) is 1. The number of amides is 1. The molecule has 1 aromatic heterocycles. The smallest absolute Gasteiger partial charge is 0.336 e. The zero-order chi connectivity index (χ0) is 21.8. The number of hydrogen-bond acceptors (Lipinski definition) is 5. The summed E-state index contributed by atoms with van der Waals surface area (Å²) in [5, 5.41) is 3.44. The first-order chi connectivity index (χ1) is 14.3. The normalized spacial score (nSPS) is 12.0. The first-order valence-corrected chi connectivity index (χ1v) is 10.3. The van der Waals surface area contributed by atoms with Crippen LogP contribution < -0.4 is 10.9 Å². The molecule has 1 amide bonds. The van der Waals surface area contributed by atoms with Gasteiger partial charge in [0.1, 0.15) is 18.2 Å². The third-order valence-corrected chi connectivity index (χ3v) is 5.37. The van der Waals surface area contributed by atoms with Crippen molar-refractivity contribution >= 4 is 38.8 Å². The number of benzene rings is 2. The standard InChI is InChI=1S/C23H22BrNO5/c1-13(2)21(25-22(27)17-6-4-5-7-18(17)24)23(28)29-12-15-11-20(26)30-19-10-14(3)8-9-16(15)19/h4-11,13,21H,12H2,1-3H3,(H,25,27). The van der Waals surface area contributed by atoms with Crippen LogP contribution in [0.15, 0.2) is 62.2 Å². The summed E-state index contributed by atoms with van der Waals surface area (Å²) in [6.45, 7) is 5.44. The lowest BCUT2D eigenvalue weighted by Gasteiger charge is -2.21. The van der Waals surface area contributed by atoms with Crippen LogP contribution in [-0.2, 0) is 16.1 Å². The highest BCUT2D eigenvalue weighted by Crippen LogP contribution is 2.20. The monoisotopic (exact) mass is 471 g/mol. The molecule has 0 spiro atoms. The summed E-state index contributed by atoms with van der Waals surface area (Å²) in [5.74, 6) is -1.14. The molecular formula is C23H22BrNO5. The number of aryl methyl sites for hydroxylation is 1. The summed E-state index contributed by atoms with van der Waals surface area (Å²) < 4.78 is 11.3. The molecule has 0 aliphatic rings. The van der Waals surface area contributed by atoms with Gasteiger partial charge in [-0.05, 0) is 52.5 Å². The predicted octanol–water partition coefficient (Wildman–Crippen LogP) is 4.36. The number of rotatable bonds is 6. The maximum absolute atomic E-state index is 12.7. The van der Waals surface area contributed by atoms with E-state index in [0.29, 0.717) is 26.6 Å². The van der Waals surface area contributed by atoms with Gasteiger partial charge in [0, 0.05) is 21.5 Å². The van der Waals surface area contributed by atoms with Crippen molar-refractivity contribution in [2.75, 3.05) is 0 Å². The number of ether oxygens (including phenoxy) is 1. The first-order valence-electron chi connectivity index (χ1n) is 9.51. The first kappa shape index (κ1) is 21.8. The molecule has 6 nitrogen and oxygen atoms in total. The van der Waals surface area contributed by atoms with Crippen LogP contribution in [0.4, 0.5) is 0 Å². The second kappa shape index (κ2) is 9.26. The van der Waals surface area contributed by atoms with Gasteiger partial charge in [-0.1, -0.05) is 38.1 Å². The van der Waals surface area contributed by atoms with Gasteiger partial charge in [0.25, 0.3) is 5.91 Å². The molecule has 0 radical (unpaired) electrons. The third kappa shape index (κ3) is 4.97. The van der Waals surface area contributed by atoms with Gasteiger partial charge in [0.2, 0.25) is 0 Å². The molecular weight excluding hydrogens is 450 g/mol. The Hall–Kier alpha value is -2.93. The summed E-state index contributed by atoms with van der Waals surface area (Å²) in [5.41, 5.74) is 1.86. The van der Waals surface area contributed by atoms with E-state index in [2.05, 4.69) is 21.2 Å². The van der Waals surface area contributed by atoms with Gasteiger partial charge in [0.15, 0.2) is 0 Å². The second-order valence-electron chi connectivity index (χ2n) is 7.37. The summed E-state index contributed by atoms with van der Waals surface area (Å²) in [7, 11) is 0. The molecule has 7 heteroatoms. The molecule has 1 unspecified atom stereocenters. The Morgan fingerprint density at radius 1 is 1.13 bits per heavy atom. The van der Waals surface area contributed by atoms with E-state index in [1.165, 1.54) is 6.07 Å². The second-order valence-corrected chi connectivity index (χ2v) is 8.23. The highest BCUT2D eigenvalue weighted by molar-refractivity contribution is 9.10. The van der Waals surface area contributed by atoms with E-state index in [0.717, 1.165) is 5.56 Å². The average molecular weight is 472 g/mol. The van der Waals surface area contributed by atoms with Crippen molar-refractivity contribution in [3.8, 4) is 0 Å². The number of carbonyl (C=O) groups excluding carboxylic acids is 2. The number of hydrogen-bond donors (Lipinski definition) is 1. The lowest BCUT2D eigenvalue weighted by molar-refractivity contribution is -0.148. The molecule has 2 aromatic carbocycles. The fraction of sp³-hybridized carbons (Fsp3) is 0.261. The van der Waals surface area contributed by atoms with Gasteiger partial charge in [-0.25, -0.2) is 9.59 Å². The van der Waals surface area contributed by atoms with Crippen LogP contribution in [0.25, 0.3) is 11.0 Å². The van der Waals surface area contributed by atoms with Crippen LogP contribution in [0.1, 0.15) is 35.3 Å². The van der Waals surface area contributed by atoms with Crippen molar-refractivity contribution < 1.29 is 18.7 Å². The highest BCUT2D eigenvalue weighted by Gasteiger charge is 2.27. The third-order valence-electron chi connectivity index (χ3n) is 4.68. The molecule has 1 heterocycles. The Morgan fingerprint density at radius 3 is 2.57 bits per heavy atom. The lowest BCUT2D eigenvalue weighted by Crippen LogP contribution is -2.45. The minimum atomic E-state index is -0.835. The molecule has 30 heavy (non-hydrogen) atoms. The molecule has 0 saturated heterocycles. The van der Waals surface area contributed by atoms with Crippen molar-refractivity contribution in [2.24, 2.45) is 5.92 Å². The Kier molecular flexibility index (Phi) is 6.72. The van der Waals surface area contributed by atoms with Gasteiger partial charge >= 0.3 is 11.6 Å². The van der Waals surface area contributed by atoms with Crippen molar-refractivity contribution in [3.05, 3.63) is 80.1 Å². The molecule has 0 aliphatic carbocycles. The van der Waals surface area contributed by atoms with Crippen LogP contribution in [-0.4, -0.2) is 17.9 Å².